The van der Waals surface area contributed by atoms with Gasteiger partial charge in [-0.05, 0) is 30.0 Å². The van der Waals surface area contributed by atoms with Crippen molar-refractivity contribution in [3.05, 3.63) is 29.8 Å². The Labute approximate surface area is 119 Å². The van der Waals surface area contributed by atoms with Crippen molar-refractivity contribution in [3.8, 4) is 6.07 Å². The highest BCUT2D eigenvalue weighted by Gasteiger charge is 2.35. The van der Waals surface area contributed by atoms with Crippen molar-refractivity contribution in [2.24, 2.45) is 11.1 Å². The molecule has 1 unspecified atom stereocenters. The van der Waals surface area contributed by atoms with Crippen LogP contribution in [0.5, 0.6) is 0 Å². The molecular weight excluding hydrogens is 252 g/mol. The summed E-state index contributed by atoms with van der Waals surface area (Å²) in [6.45, 7) is 5.45. The molecule has 1 aromatic rings. The third kappa shape index (κ3) is 3.09. The van der Waals surface area contributed by atoms with Gasteiger partial charge in [-0.2, -0.15) is 5.26 Å². The van der Waals surface area contributed by atoms with Gasteiger partial charge in [0.05, 0.1) is 11.6 Å². The summed E-state index contributed by atoms with van der Waals surface area (Å²) in [6.07, 6.45) is 0.804. The second-order valence-electron chi connectivity index (χ2n) is 5.93. The summed E-state index contributed by atoms with van der Waals surface area (Å²) < 4.78 is 0. The molecule has 1 heterocycles. The summed E-state index contributed by atoms with van der Waals surface area (Å²) in [5.74, 6) is 0. The first kappa shape index (κ1) is 14.4. The van der Waals surface area contributed by atoms with Crippen LogP contribution < -0.4 is 11.1 Å². The molecule has 2 amide bonds. The molecule has 5 heteroatoms. The SMILES string of the molecule is CC1(C)CN(C(=O)Nc2cccc(C#N)c2)CCC1N. The molecule has 0 spiro atoms. The number of likely N-dealkylation sites (tertiary alicyclic amines) is 1. The van der Waals surface area contributed by atoms with Crippen LogP contribution in [0.2, 0.25) is 0 Å². The highest BCUT2D eigenvalue weighted by atomic mass is 16.2. The number of carbonyl (C=O) groups excluding carboxylic acids is 1. The van der Waals surface area contributed by atoms with Crippen molar-refractivity contribution >= 4 is 11.7 Å². The van der Waals surface area contributed by atoms with Crippen LogP contribution in [0.25, 0.3) is 0 Å². The zero-order valence-corrected chi connectivity index (χ0v) is 11.9. The second kappa shape index (κ2) is 5.51. The second-order valence-corrected chi connectivity index (χ2v) is 5.93. The highest BCUT2D eigenvalue weighted by Crippen LogP contribution is 2.28. The number of nitriles is 1. The fraction of sp³-hybridized carbons (Fsp3) is 0.467. The monoisotopic (exact) mass is 272 g/mol. The summed E-state index contributed by atoms with van der Waals surface area (Å²) in [4.78, 5) is 14.0. The average molecular weight is 272 g/mol. The molecule has 1 aliphatic heterocycles. The maximum atomic E-state index is 12.3. The third-order valence-corrected chi connectivity index (χ3v) is 3.84. The summed E-state index contributed by atoms with van der Waals surface area (Å²) in [5.41, 5.74) is 7.16. The Balaban J connectivity index is 2.03. The molecule has 1 atom stereocenters. The van der Waals surface area contributed by atoms with Gasteiger partial charge in [0.25, 0.3) is 0 Å². The van der Waals surface area contributed by atoms with Gasteiger partial charge in [0.2, 0.25) is 0 Å². The van der Waals surface area contributed by atoms with Crippen LogP contribution in [0.1, 0.15) is 25.8 Å². The summed E-state index contributed by atoms with van der Waals surface area (Å²) in [6, 6.07) is 8.94. The Hall–Kier alpha value is -2.06. The number of benzene rings is 1. The van der Waals surface area contributed by atoms with Gasteiger partial charge in [-0.1, -0.05) is 19.9 Å². The Morgan fingerprint density at radius 2 is 2.30 bits per heavy atom. The predicted molar refractivity (Wildman–Crippen MR) is 78.1 cm³/mol. The van der Waals surface area contributed by atoms with E-state index in [0.717, 1.165) is 6.42 Å². The minimum atomic E-state index is -0.139. The number of hydrogen-bond donors (Lipinski definition) is 2. The molecule has 106 valence electrons. The van der Waals surface area contributed by atoms with Crippen LogP contribution in [-0.2, 0) is 0 Å². The fourth-order valence-electron chi connectivity index (χ4n) is 2.42. The number of anilines is 1. The lowest BCUT2D eigenvalue weighted by Gasteiger charge is -2.42. The van der Waals surface area contributed by atoms with Crippen LogP contribution in [0, 0.1) is 16.7 Å². The molecule has 0 bridgehead atoms. The lowest BCUT2D eigenvalue weighted by molar-refractivity contribution is 0.118. The first-order valence-electron chi connectivity index (χ1n) is 6.74. The maximum Gasteiger partial charge on any atom is 0.321 e. The average Bonchev–Trinajstić information content (AvgIpc) is 2.42. The van der Waals surface area contributed by atoms with Gasteiger partial charge in [0, 0.05) is 24.8 Å². The Morgan fingerprint density at radius 3 is 2.95 bits per heavy atom. The molecule has 0 radical (unpaired) electrons. The van der Waals surface area contributed by atoms with Gasteiger partial charge < -0.3 is 16.0 Å². The zero-order chi connectivity index (χ0) is 14.8. The van der Waals surface area contributed by atoms with Crippen LogP contribution in [0.15, 0.2) is 24.3 Å². The fourth-order valence-corrected chi connectivity index (χ4v) is 2.42. The Bertz CT molecular complexity index is 547. The van der Waals surface area contributed by atoms with Crippen molar-refractivity contribution in [2.45, 2.75) is 26.3 Å². The summed E-state index contributed by atoms with van der Waals surface area (Å²) >= 11 is 0. The van der Waals surface area contributed by atoms with E-state index >= 15 is 0 Å². The first-order valence-corrected chi connectivity index (χ1v) is 6.74. The van der Waals surface area contributed by atoms with E-state index in [1.807, 2.05) is 0 Å². The number of rotatable bonds is 1. The van der Waals surface area contributed by atoms with Crippen molar-refractivity contribution in [1.82, 2.24) is 4.90 Å². The maximum absolute atomic E-state index is 12.3. The molecular formula is C15H20N4O. The number of nitrogens with zero attached hydrogens (tertiary/aromatic N) is 2. The van der Waals surface area contributed by atoms with Gasteiger partial charge in [-0.25, -0.2) is 4.79 Å². The lowest BCUT2D eigenvalue weighted by Crippen LogP contribution is -2.54. The smallest absolute Gasteiger partial charge is 0.321 e. The zero-order valence-electron chi connectivity index (χ0n) is 11.9. The van der Waals surface area contributed by atoms with Crippen molar-refractivity contribution in [2.75, 3.05) is 18.4 Å². The van der Waals surface area contributed by atoms with E-state index in [9.17, 15) is 4.79 Å². The number of amides is 2. The van der Waals surface area contributed by atoms with Crippen LogP contribution in [0.3, 0.4) is 0 Å². The number of urea groups is 1. The molecule has 1 fully saturated rings. The molecule has 20 heavy (non-hydrogen) atoms. The van der Waals surface area contributed by atoms with E-state index in [0.29, 0.717) is 24.3 Å². The van der Waals surface area contributed by atoms with Crippen molar-refractivity contribution in [1.29, 1.82) is 5.26 Å². The quantitative estimate of drug-likeness (QED) is 0.821. The van der Waals surface area contributed by atoms with Gasteiger partial charge in [0.15, 0.2) is 0 Å². The molecule has 0 aromatic heterocycles. The molecule has 1 aliphatic rings. The lowest BCUT2D eigenvalue weighted by atomic mass is 9.80. The van der Waals surface area contributed by atoms with Crippen molar-refractivity contribution < 1.29 is 4.79 Å². The molecule has 1 aromatic carbocycles. The Morgan fingerprint density at radius 1 is 1.55 bits per heavy atom. The molecule has 3 N–H and O–H groups in total. The predicted octanol–water partition coefficient (Wildman–Crippen LogP) is 2.15. The largest absolute Gasteiger partial charge is 0.327 e. The summed E-state index contributed by atoms with van der Waals surface area (Å²) in [7, 11) is 0. The number of nitrogens with two attached hydrogens (primary N) is 1. The van der Waals surface area contributed by atoms with Crippen LogP contribution >= 0.6 is 0 Å². The van der Waals surface area contributed by atoms with E-state index in [1.165, 1.54) is 0 Å². The first-order chi connectivity index (χ1) is 9.42. The van der Waals surface area contributed by atoms with Gasteiger partial charge >= 0.3 is 6.03 Å². The van der Waals surface area contributed by atoms with Crippen molar-refractivity contribution in [3.63, 3.8) is 0 Å². The third-order valence-electron chi connectivity index (χ3n) is 3.84. The van der Waals surface area contributed by atoms with Gasteiger partial charge in [-0.3, -0.25) is 0 Å². The normalized spacial score (nSPS) is 21.1. The standard InChI is InChI=1S/C15H20N4O/c1-15(2)10-19(7-6-13(15)17)14(20)18-12-5-3-4-11(8-12)9-16/h3-5,8,13H,6-7,10,17H2,1-2H3,(H,18,20). The van der Waals surface area contributed by atoms with E-state index in [4.69, 9.17) is 11.0 Å². The number of hydrogen-bond acceptors (Lipinski definition) is 3. The van der Waals surface area contributed by atoms with Gasteiger partial charge in [0.1, 0.15) is 0 Å². The molecule has 2 rings (SSSR count). The molecule has 1 saturated heterocycles. The van der Waals surface area contributed by atoms with E-state index in [-0.39, 0.29) is 17.5 Å². The molecule has 5 nitrogen and oxygen atoms in total. The molecule has 0 aliphatic carbocycles. The van der Waals surface area contributed by atoms with E-state index < -0.39 is 0 Å². The number of piperidine rings is 1. The minimum Gasteiger partial charge on any atom is -0.327 e. The van der Waals surface area contributed by atoms with Crippen LogP contribution in [0.4, 0.5) is 10.5 Å². The summed E-state index contributed by atoms with van der Waals surface area (Å²) in [5, 5.41) is 11.7. The Kier molecular flexibility index (Phi) is 3.96. The highest BCUT2D eigenvalue weighted by molar-refractivity contribution is 5.89. The van der Waals surface area contributed by atoms with E-state index in [1.54, 1.807) is 29.2 Å². The minimum absolute atomic E-state index is 0.0793. The van der Waals surface area contributed by atoms with E-state index in [2.05, 4.69) is 25.2 Å². The van der Waals surface area contributed by atoms with Crippen LogP contribution in [-0.4, -0.2) is 30.1 Å². The number of carbonyl (C=O) groups is 1. The topological polar surface area (TPSA) is 82.2 Å². The number of nitrogens with one attached hydrogen (secondary N) is 1. The van der Waals surface area contributed by atoms with Gasteiger partial charge in [-0.15, -0.1) is 0 Å². The molecule has 0 saturated carbocycles.